The first-order chi connectivity index (χ1) is 7.59. The Labute approximate surface area is 105 Å². The Kier molecular flexibility index (Phi) is 3.34. The predicted octanol–water partition coefficient (Wildman–Crippen LogP) is 0.945. The van der Waals surface area contributed by atoms with E-state index in [2.05, 4.69) is 26.3 Å². The van der Waals surface area contributed by atoms with Crippen LogP contribution in [0.4, 0.5) is 0 Å². The standard InChI is InChI=1S/C9H10BrN3O2S/c1-13-7(5(10)4-11-13)8(14)12-6-2-3-16-9(6)15/h4,6H,2-3H2,1H3,(H,12,14)/t6-/m1/s1. The van der Waals surface area contributed by atoms with Crippen molar-refractivity contribution in [2.75, 3.05) is 5.75 Å². The third-order valence-electron chi connectivity index (χ3n) is 2.35. The number of carbonyl (C=O) groups excluding carboxylic acids is 2. The molecule has 0 bridgehead atoms. The molecule has 0 aliphatic carbocycles. The summed E-state index contributed by atoms with van der Waals surface area (Å²) in [6, 6.07) is -0.362. The van der Waals surface area contributed by atoms with Crippen LogP contribution in [-0.2, 0) is 11.8 Å². The molecule has 1 aromatic heterocycles. The summed E-state index contributed by atoms with van der Waals surface area (Å²) in [4.78, 5) is 23.2. The van der Waals surface area contributed by atoms with Gasteiger partial charge in [0.1, 0.15) is 5.69 Å². The topological polar surface area (TPSA) is 64.0 Å². The number of hydrogen-bond acceptors (Lipinski definition) is 4. The Morgan fingerprint density at radius 2 is 2.50 bits per heavy atom. The van der Waals surface area contributed by atoms with E-state index in [0.717, 1.165) is 5.75 Å². The van der Waals surface area contributed by atoms with E-state index in [0.29, 0.717) is 16.6 Å². The minimum Gasteiger partial charge on any atom is -0.340 e. The SMILES string of the molecule is Cn1ncc(Br)c1C(=O)N[C@@H]1CCSC1=O. The number of amides is 1. The number of carbonyl (C=O) groups is 2. The van der Waals surface area contributed by atoms with Crippen LogP contribution in [0.15, 0.2) is 10.7 Å². The molecule has 1 amide bonds. The number of aryl methyl sites for hydroxylation is 1. The Balaban J connectivity index is 2.11. The minimum atomic E-state index is -0.362. The van der Waals surface area contributed by atoms with Crippen molar-refractivity contribution in [2.24, 2.45) is 7.05 Å². The lowest BCUT2D eigenvalue weighted by Gasteiger charge is -2.10. The molecule has 0 unspecified atom stereocenters. The van der Waals surface area contributed by atoms with Crippen LogP contribution in [0.5, 0.6) is 0 Å². The number of rotatable bonds is 2. The first-order valence-electron chi connectivity index (χ1n) is 4.74. The van der Waals surface area contributed by atoms with Crippen molar-refractivity contribution in [1.29, 1.82) is 0 Å². The average Bonchev–Trinajstić information content (AvgIpc) is 2.75. The van der Waals surface area contributed by atoms with Crippen LogP contribution in [0.1, 0.15) is 16.9 Å². The smallest absolute Gasteiger partial charge is 0.271 e. The van der Waals surface area contributed by atoms with E-state index in [1.54, 1.807) is 13.2 Å². The molecule has 16 heavy (non-hydrogen) atoms. The second-order valence-corrected chi connectivity index (χ2v) is 5.40. The molecule has 1 N–H and O–H groups in total. The zero-order valence-corrected chi connectivity index (χ0v) is 11.0. The fraction of sp³-hybridized carbons (Fsp3) is 0.444. The zero-order chi connectivity index (χ0) is 11.7. The summed E-state index contributed by atoms with van der Waals surface area (Å²) >= 11 is 4.51. The maximum absolute atomic E-state index is 11.9. The first kappa shape index (κ1) is 11.7. The molecule has 0 spiro atoms. The summed E-state index contributed by atoms with van der Waals surface area (Å²) in [6.07, 6.45) is 2.25. The fourth-order valence-corrected chi connectivity index (χ4v) is 2.98. The Hall–Kier alpha value is -0.820. The van der Waals surface area contributed by atoms with Crippen LogP contribution < -0.4 is 5.32 Å². The van der Waals surface area contributed by atoms with Gasteiger partial charge in [-0.25, -0.2) is 0 Å². The van der Waals surface area contributed by atoms with Crippen LogP contribution in [0, 0.1) is 0 Å². The second kappa shape index (κ2) is 4.58. The number of halogens is 1. The van der Waals surface area contributed by atoms with E-state index in [1.807, 2.05) is 0 Å². The fourth-order valence-electron chi connectivity index (χ4n) is 1.52. The number of aromatic nitrogens is 2. The number of hydrogen-bond donors (Lipinski definition) is 1. The van der Waals surface area contributed by atoms with E-state index in [-0.39, 0.29) is 17.1 Å². The molecule has 2 rings (SSSR count). The van der Waals surface area contributed by atoms with Gasteiger partial charge in [-0.1, -0.05) is 11.8 Å². The number of thioether (sulfide) groups is 1. The van der Waals surface area contributed by atoms with Gasteiger partial charge in [0.2, 0.25) is 5.12 Å². The number of nitrogens with zero attached hydrogens (tertiary/aromatic N) is 2. The lowest BCUT2D eigenvalue weighted by atomic mass is 10.2. The van der Waals surface area contributed by atoms with E-state index in [1.165, 1.54) is 16.4 Å². The van der Waals surface area contributed by atoms with E-state index in [9.17, 15) is 9.59 Å². The summed E-state index contributed by atoms with van der Waals surface area (Å²) in [5.74, 6) is 0.504. The molecule has 0 saturated carbocycles. The molecule has 1 fully saturated rings. The van der Waals surface area contributed by atoms with Crippen molar-refractivity contribution in [3.8, 4) is 0 Å². The molecule has 1 aliphatic rings. The van der Waals surface area contributed by atoms with Crippen molar-refractivity contribution in [1.82, 2.24) is 15.1 Å². The largest absolute Gasteiger partial charge is 0.340 e. The van der Waals surface area contributed by atoms with Gasteiger partial charge in [0.25, 0.3) is 5.91 Å². The molecular weight excluding hydrogens is 294 g/mol. The van der Waals surface area contributed by atoms with Crippen LogP contribution in [-0.4, -0.2) is 32.6 Å². The maximum Gasteiger partial charge on any atom is 0.271 e. The summed E-state index contributed by atoms with van der Waals surface area (Å²) in [5, 5.41) is 6.70. The van der Waals surface area contributed by atoms with Crippen molar-refractivity contribution in [3.05, 3.63) is 16.4 Å². The molecule has 2 heterocycles. The van der Waals surface area contributed by atoms with E-state index < -0.39 is 0 Å². The van der Waals surface area contributed by atoms with Gasteiger partial charge < -0.3 is 5.32 Å². The quantitative estimate of drug-likeness (QED) is 0.883. The lowest BCUT2D eigenvalue weighted by Crippen LogP contribution is -2.38. The van der Waals surface area contributed by atoms with Gasteiger partial charge in [0.05, 0.1) is 16.7 Å². The summed E-state index contributed by atoms with van der Waals surface area (Å²) in [5.41, 5.74) is 0.435. The minimum absolute atomic E-state index is 0.0339. The predicted molar refractivity (Wildman–Crippen MR) is 64.2 cm³/mol. The second-order valence-electron chi connectivity index (χ2n) is 3.45. The Morgan fingerprint density at radius 3 is 3.00 bits per heavy atom. The van der Waals surface area contributed by atoms with Gasteiger partial charge in [-0.15, -0.1) is 0 Å². The van der Waals surface area contributed by atoms with Crippen LogP contribution in [0.25, 0.3) is 0 Å². The van der Waals surface area contributed by atoms with Gasteiger partial charge in [0.15, 0.2) is 0 Å². The van der Waals surface area contributed by atoms with E-state index in [4.69, 9.17) is 0 Å². The zero-order valence-electron chi connectivity index (χ0n) is 8.57. The molecule has 7 heteroatoms. The molecule has 1 atom stereocenters. The first-order valence-corrected chi connectivity index (χ1v) is 6.52. The van der Waals surface area contributed by atoms with Gasteiger partial charge in [-0.2, -0.15) is 5.10 Å². The third kappa shape index (κ3) is 2.15. The molecule has 1 aliphatic heterocycles. The highest BCUT2D eigenvalue weighted by atomic mass is 79.9. The normalized spacial score (nSPS) is 20.1. The van der Waals surface area contributed by atoms with Crippen LogP contribution >= 0.6 is 27.7 Å². The van der Waals surface area contributed by atoms with Gasteiger partial charge >= 0.3 is 0 Å². The Morgan fingerprint density at radius 1 is 1.75 bits per heavy atom. The molecule has 0 radical (unpaired) electrons. The van der Waals surface area contributed by atoms with Gasteiger partial charge in [-0.3, -0.25) is 14.3 Å². The monoisotopic (exact) mass is 303 g/mol. The molecule has 86 valence electrons. The van der Waals surface area contributed by atoms with E-state index >= 15 is 0 Å². The number of nitrogens with one attached hydrogen (secondary N) is 1. The van der Waals surface area contributed by atoms with Crippen molar-refractivity contribution < 1.29 is 9.59 Å². The van der Waals surface area contributed by atoms with Crippen LogP contribution in [0.2, 0.25) is 0 Å². The highest BCUT2D eigenvalue weighted by Crippen LogP contribution is 2.21. The lowest BCUT2D eigenvalue weighted by molar-refractivity contribution is -0.112. The molecule has 0 aromatic carbocycles. The molecule has 5 nitrogen and oxygen atoms in total. The van der Waals surface area contributed by atoms with Crippen molar-refractivity contribution >= 4 is 38.7 Å². The maximum atomic E-state index is 11.9. The highest BCUT2D eigenvalue weighted by Gasteiger charge is 2.28. The van der Waals surface area contributed by atoms with Crippen molar-refractivity contribution in [2.45, 2.75) is 12.5 Å². The van der Waals surface area contributed by atoms with Gasteiger partial charge in [-0.05, 0) is 22.4 Å². The van der Waals surface area contributed by atoms with Crippen molar-refractivity contribution in [3.63, 3.8) is 0 Å². The molecule has 1 saturated heterocycles. The van der Waals surface area contributed by atoms with Gasteiger partial charge in [0, 0.05) is 12.8 Å². The average molecular weight is 304 g/mol. The summed E-state index contributed by atoms with van der Waals surface area (Å²) < 4.78 is 2.11. The molecule has 1 aromatic rings. The molecular formula is C9H10BrN3O2S. The Bertz CT molecular complexity index is 426. The summed E-state index contributed by atoms with van der Waals surface area (Å²) in [7, 11) is 1.69. The third-order valence-corrected chi connectivity index (χ3v) is 3.94. The van der Waals surface area contributed by atoms with Crippen LogP contribution in [0.3, 0.4) is 0 Å². The summed E-state index contributed by atoms with van der Waals surface area (Å²) in [6.45, 7) is 0. The highest BCUT2D eigenvalue weighted by molar-refractivity contribution is 9.10.